The Balaban J connectivity index is 1.63. The van der Waals surface area contributed by atoms with Crippen LogP contribution in [0.5, 0.6) is 0 Å². The fourth-order valence-electron chi connectivity index (χ4n) is 3.08. The van der Waals surface area contributed by atoms with Gasteiger partial charge in [-0.25, -0.2) is 4.79 Å². The first-order chi connectivity index (χ1) is 12.6. The van der Waals surface area contributed by atoms with E-state index in [1.54, 1.807) is 24.3 Å². The Morgan fingerprint density at radius 1 is 1.35 bits per heavy atom. The topological polar surface area (TPSA) is 70.4 Å². The Bertz CT molecular complexity index is 838. The van der Waals surface area contributed by atoms with Gasteiger partial charge in [-0.1, -0.05) is 25.1 Å². The van der Waals surface area contributed by atoms with Crippen LogP contribution in [0.3, 0.4) is 0 Å². The highest BCUT2D eigenvalue weighted by Gasteiger charge is 2.23. The number of benzene rings is 1. The summed E-state index contributed by atoms with van der Waals surface area (Å²) in [4.78, 5) is 27.8. The summed E-state index contributed by atoms with van der Waals surface area (Å²) in [6, 6.07) is 12.8. The molecule has 0 bridgehead atoms. The predicted molar refractivity (Wildman–Crippen MR) is 100 cm³/mol. The number of nitrogens with zero attached hydrogens (tertiary/aromatic N) is 2. The highest BCUT2D eigenvalue weighted by Crippen LogP contribution is 2.32. The smallest absolute Gasteiger partial charge is 0.348 e. The first-order valence-corrected chi connectivity index (χ1v) is 9.41. The number of hydrogen-bond acceptors (Lipinski definition) is 5. The summed E-state index contributed by atoms with van der Waals surface area (Å²) in [7, 11) is 0. The molecule has 1 aliphatic carbocycles. The quantitative estimate of drug-likeness (QED) is 0.597. The Hall–Kier alpha value is -2.65. The number of rotatable bonds is 5. The van der Waals surface area contributed by atoms with Crippen LogP contribution in [0.25, 0.3) is 0 Å². The molecule has 0 aliphatic heterocycles. The number of carbonyl (C=O) groups excluding carboxylic acids is 2. The lowest BCUT2D eigenvalue weighted by atomic mass is 9.90. The van der Waals surface area contributed by atoms with Gasteiger partial charge in [0.15, 0.2) is 6.61 Å². The lowest BCUT2D eigenvalue weighted by Crippen LogP contribution is -2.35. The summed E-state index contributed by atoms with van der Waals surface area (Å²) < 4.78 is 5.21. The summed E-state index contributed by atoms with van der Waals surface area (Å²) in [5.41, 5.74) is 1.83. The van der Waals surface area contributed by atoms with Crippen molar-refractivity contribution in [2.45, 2.75) is 26.2 Å². The molecule has 0 unspecified atom stereocenters. The van der Waals surface area contributed by atoms with Crippen molar-refractivity contribution < 1.29 is 14.3 Å². The molecule has 26 heavy (non-hydrogen) atoms. The largest absolute Gasteiger partial charge is 0.451 e. The fourth-order valence-corrected chi connectivity index (χ4v) is 4.19. The van der Waals surface area contributed by atoms with Gasteiger partial charge >= 0.3 is 5.97 Å². The van der Waals surface area contributed by atoms with Crippen LogP contribution in [0.4, 0.5) is 5.69 Å². The summed E-state index contributed by atoms with van der Waals surface area (Å²) >= 11 is 1.46. The molecular formula is C20H20N2O3S. The number of esters is 1. The monoisotopic (exact) mass is 368 g/mol. The van der Waals surface area contributed by atoms with Crippen molar-refractivity contribution in [1.29, 1.82) is 5.26 Å². The number of carbonyl (C=O) groups is 2. The maximum Gasteiger partial charge on any atom is 0.348 e. The molecule has 0 radical (unpaired) electrons. The van der Waals surface area contributed by atoms with Crippen molar-refractivity contribution in [3.8, 4) is 6.07 Å². The van der Waals surface area contributed by atoms with Gasteiger partial charge < -0.3 is 4.74 Å². The second kappa shape index (κ2) is 8.15. The van der Waals surface area contributed by atoms with E-state index in [0.29, 0.717) is 16.5 Å². The lowest BCUT2D eigenvalue weighted by molar-refractivity contribution is -0.121. The molecular weight excluding hydrogens is 348 g/mol. The molecule has 0 saturated heterocycles. The van der Waals surface area contributed by atoms with Gasteiger partial charge in [-0.05, 0) is 48.9 Å². The van der Waals surface area contributed by atoms with Crippen LogP contribution in [-0.2, 0) is 22.4 Å². The summed E-state index contributed by atoms with van der Waals surface area (Å²) in [6.45, 7) is 1.74. The predicted octanol–water partition coefficient (Wildman–Crippen LogP) is 3.59. The van der Waals surface area contributed by atoms with Crippen LogP contribution >= 0.6 is 11.3 Å². The second-order valence-electron chi connectivity index (χ2n) is 6.46. The number of anilines is 1. The fraction of sp³-hybridized carbons (Fsp3) is 0.350. The molecule has 1 aliphatic rings. The molecule has 1 amide bonds. The SMILES string of the molecule is C[C@@H]1CCc2sc(C(=O)OCC(=O)N(CC#N)c3ccccc3)cc2C1. The van der Waals surface area contributed by atoms with Gasteiger partial charge in [0.05, 0.1) is 6.07 Å². The maximum absolute atomic E-state index is 12.4. The average molecular weight is 368 g/mol. The van der Waals surface area contributed by atoms with Crippen molar-refractivity contribution in [2.75, 3.05) is 18.1 Å². The van der Waals surface area contributed by atoms with Crippen LogP contribution in [0.15, 0.2) is 36.4 Å². The van der Waals surface area contributed by atoms with E-state index in [2.05, 4.69) is 6.92 Å². The zero-order valence-corrected chi connectivity index (χ0v) is 15.4. The molecule has 134 valence electrons. The average Bonchev–Trinajstić information content (AvgIpc) is 3.07. The van der Waals surface area contributed by atoms with Crippen LogP contribution in [-0.4, -0.2) is 25.0 Å². The van der Waals surface area contributed by atoms with Crippen LogP contribution in [0.2, 0.25) is 0 Å². The van der Waals surface area contributed by atoms with Crippen molar-refractivity contribution >= 4 is 28.9 Å². The Morgan fingerprint density at radius 2 is 2.12 bits per heavy atom. The molecule has 0 fully saturated rings. The van der Waals surface area contributed by atoms with E-state index < -0.39 is 11.9 Å². The van der Waals surface area contributed by atoms with Gasteiger partial charge in [0.2, 0.25) is 0 Å². The van der Waals surface area contributed by atoms with Crippen molar-refractivity contribution in [2.24, 2.45) is 5.92 Å². The van der Waals surface area contributed by atoms with E-state index in [1.807, 2.05) is 18.2 Å². The van der Waals surface area contributed by atoms with E-state index in [4.69, 9.17) is 10.00 Å². The molecule has 5 nitrogen and oxygen atoms in total. The van der Waals surface area contributed by atoms with Crippen molar-refractivity contribution in [3.63, 3.8) is 0 Å². The molecule has 1 aromatic heterocycles. The first kappa shape index (κ1) is 18.2. The number of thiophene rings is 1. The van der Waals surface area contributed by atoms with Gasteiger partial charge in [0, 0.05) is 10.6 Å². The number of nitriles is 1. The van der Waals surface area contributed by atoms with Gasteiger partial charge in [-0.2, -0.15) is 5.26 Å². The standard InChI is InChI=1S/C20H20N2O3S/c1-14-7-8-17-15(11-14)12-18(26-17)20(24)25-13-19(23)22(10-9-21)16-5-3-2-4-6-16/h2-6,12,14H,7-8,10-11,13H2,1H3/t14-/m1/s1. The Labute approximate surface area is 156 Å². The zero-order valence-electron chi connectivity index (χ0n) is 14.6. The first-order valence-electron chi connectivity index (χ1n) is 8.59. The number of hydrogen-bond donors (Lipinski definition) is 0. The third kappa shape index (κ3) is 4.12. The normalized spacial score (nSPS) is 15.6. The van der Waals surface area contributed by atoms with Crippen LogP contribution in [0, 0.1) is 17.2 Å². The van der Waals surface area contributed by atoms with Crippen molar-refractivity contribution in [3.05, 3.63) is 51.7 Å². The van der Waals surface area contributed by atoms with E-state index in [1.165, 1.54) is 26.7 Å². The maximum atomic E-state index is 12.4. The molecule has 2 aromatic rings. The summed E-state index contributed by atoms with van der Waals surface area (Å²) in [5, 5.41) is 8.97. The molecule has 0 N–H and O–H groups in total. The third-order valence-electron chi connectivity index (χ3n) is 4.45. The summed E-state index contributed by atoms with van der Waals surface area (Å²) in [6.07, 6.45) is 3.13. The van der Waals surface area contributed by atoms with E-state index >= 15 is 0 Å². The second-order valence-corrected chi connectivity index (χ2v) is 7.59. The third-order valence-corrected chi connectivity index (χ3v) is 5.67. The number of para-hydroxylation sites is 1. The molecule has 1 heterocycles. The number of aryl methyl sites for hydroxylation is 1. The molecule has 1 atom stereocenters. The van der Waals surface area contributed by atoms with Gasteiger partial charge in [-0.15, -0.1) is 11.3 Å². The molecule has 0 spiro atoms. The molecule has 6 heteroatoms. The van der Waals surface area contributed by atoms with E-state index in [-0.39, 0.29) is 13.2 Å². The van der Waals surface area contributed by atoms with Crippen molar-refractivity contribution in [1.82, 2.24) is 0 Å². The van der Waals surface area contributed by atoms with Crippen LogP contribution in [0.1, 0.15) is 33.5 Å². The van der Waals surface area contributed by atoms with Gasteiger partial charge in [0.1, 0.15) is 11.4 Å². The molecule has 3 rings (SSSR count). The number of amides is 1. The van der Waals surface area contributed by atoms with Crippen LogP contribution < -0.4 is 4.90 Å². The zero-order chi connectivity index (χ0) is 18.5. The van der Waals surface area contributed by atoms with E-state index in [9.17, 15) is 9.59 Å². The number of fused-ring (bicyclic) bond motifs is 1. The highest BCUT2D eigenvalue weighted by molar-refractivity contribution is 7.14. The number of ether oxygens (including phenoxy) is 1. The molecule has 1 aromatic carbocycles. The minimum atomic E-state index is -0.477. The van der Waals surface area contributed by atoms with Gasteiger partial charge in [0.25, 0.3) is 5.91 Å². The Kier molecular flexibility index (Phi) is 5.69. The minimum absolute atomic E-state index is 0.0917. The summed E-state index contributed by atoms with van der Waals surface area (Å²) in [5.74, 6) is -0.260. The molecule has 0 saturated carbocycles. The lowest BCUT2D eigenvalue weighted by Gasteiger charge is -2.19. The minimum Gasteiger partial charge on any atom is -0.451 e. The highest BCUT2D eigenvalue weighted by atomic mass is 32.1. The van der Waals surface area contributed by atoms with E-state index in [0.717, 1.165) is 19.3 Å². The Morgan fingerprint density at radius 3 is 2.85 bits per heavy atom. The van der Waals surface area contributed by atoms with Gasteiger partial charge in [-0.3, -0.25) is 9.69 Å².